The van der Waals surface area contributed by atoms with Crippen molar-refractivity contribution in [2.75, 3.05) is 10.6 Å². The summed E-state index contributed by atoms with van der Waals surface area (Å²) >= 11 is 2.75. The molecule has 0 aliphatic rings. The van der Waals surface area contributed by atoms with Gasteiger partial charge in [-0.1, -0.05) is 53.4 Å². The number of benzene rings is 2. The van der Waals surface area contributed by atoms with Gasteiger partial charge in [-0.05, 0) is 43.2 Å². The second-order valence-corrected chi connectivity index (χ2v) is 8.48. The molecule has 1 unspecified atom stereocenters. The van der Waals surface area contributed by atoms with Gasteiger partial charge in [-0.25, -0.2) is 4.39 Å². The van der Waals surface area contributed by atoms with Crippen molar-refractivity contribution < 1.29 is 9.18 Å². The molecule has 1 aromatic heterocycles. The quantitative estimate of drug-likeness (QED) is 0.560. The van der Waals surface area contributed by atoms with Crippen LogP contribution in [-0.4, -0.2) is 21.4 Å². The van der Waals surface area contributed by atoms with Crippen molar-refractivity contribution in [2.24, 2.45) is 0 Å². The molecule has 140 valence electrons. The third-order valence-corrected chi connectivity index (χ3v) is 5.88. The number of nitrogens with zero attached hydrogens (tertiary/aromatic N) is 2. The summed E-state index contributed by atoms with van der Waals surface area (Å²) in [6.45, 7) is 4.32. The summed E-state index contributed by atoms with van der Waals surface area (Å²) < 4.78 is 13.6. The monoisotopic (exact) mass is 402 g/mol. The van der Waals surface area contributed by atoms with Gasteiger partial charge in [-0.15, -0.1) is 10.2 Å². The minimum Gasteiger partial charge on any atom is -0.356 e. The van der Waals surface area contributed by atoms with Crippen LogP contribution in [0.4, 0.5) is 15.2 Å². The molecule has 5 nitrogen and oxygen atoms in total. The Balaban J connectivity index is 1.52. The lowest BCUT2D eigenvalue weighted by molar-refractivity contribution is -0.115. The van der Waals surface area contributed by atoms with Crippen molar-refractivity contribution in [3.05, 3.63) is 65.5 Å². The summed E-state index contributed by atoms with van der Waals surface area (Å²) in [4.78, 5) is 12.4. The van der Waals surface area contributed by atoms with Gasteiger partial charge in [0.1, 0.15) is 5.82 Å². The van der Waals surface area contributed by atoms with Gasteiger partial charge in [0.2, 0.25) is 11.0 Å². The summed E-state index contributed by atoms with van der Waals surface area (Å²) in [7, 11) is 0. The van der Waals surface area contributed by atoms with E-state index in [1.54, 1.807) is 12.1 Å². The van der Waals surface area contributed by atoms with Crippen LogP contribution in [0.5, 0.6) is 0 Å². The first-order valence-electron chi connectivity index (χ1n) is 8.36. The lowest BCUT2D eigenvalue weighted by Crippen LogP contribution is -2.22. The molecule has 8 heteroatoms. The highest BCUT2D eigenvalue weighted by Gasteiger charge is 2.18. The van der Waals surface area contributed by atoms with Gasteiger partial charge in [-0.3, -0.25) is 4.79 Å². The summed E-state index contributed by atoms with van der Waals surface area (Å²) in [5.41, 5.74) is 2.78. The highest BCUT2D eigenvalue weighted by Crippen LogP contribution is 2.30. The molecular formula is C19H19FN4OS2. The number of halogens is 1. The van der Waals surface area contributed by atoms with Gasteiger partial charge >= 0.3 is 0 Å². The Bertz CT molecular complexity index is 914. The number of para-hydroxylation sites is 1. The Labute approximate surface area is 165 Å². The normalized spacial score (nSPS) is 11.8. The van der Waals surface area contributed by atoms with Crippen LogP contribution in [0.3, 0.4) is 0 Å². The van der Waals surface area contributed by atoms with Crippen LogP contribution >= 0.6 is 23.1 Å². The van der Waals surface area contributed by atoms with Gasteiger partial charge in [0.15, 0.2) is 4.34 Å². The summed E-state index contributed by atoms with van der Waals surface area (Å²) in [6, 6.07) is 14.0. The van der Waals surface area contributed by atoms with E-state index in [1.807, 2.05) is 38.1 Å². The molecule has 0 saturated heterocycles. The van der Waals surface area contributed by atoms with E-state index in [0.717, 1.165) is 16.8 Å². The predicted octanol–water partition coefficient (Wildman–Crippen LogP) is 4.72. The van der Waals surface area contributed by atoms with Crippen LogP contribution < -0.4 is 10.6 Å². The SMILES string of the molecule is Cc1ccccc1NC(=O)C(C)Sc1nnc(NCc2ccc(F)cc2)s1. The Morgan fingerprint density at radius 2 is 1.93 bits per heavy atom. The molecule has 1 amide bonds. The molecule has 0 fully saturated rings. The average Bonchev–Trinajstić information content (AvgIpc) is 3.10. The number of carbonyl (C=O) groups excluding carboxylic acids is 1. The third kappa shape index (κ3) is 5.51. The van der Waals surface area contributed by atoms with E-state index < -0.39 is 0 Å². The fraction of sp³-hybridized carbons (Fsp3) is 0.211. The Kier molecular flexibility index (Phi) is 6.41. The minimum atomic E-state index is -0.303. The van der Waals surface area contributed by atoms with E-state index in [4.69, 9.17) is 0 Å². The van der Waals surface area contributed by atoms with E-state index in [1.165, 1.54) is 35.2 Å². The van der Waals surface area contributed by atoms with Crippen molar-refractivity contribution in [1.82, 2.24) is 10.2 Å². The average molecular weight is 403 g/mol. The maximum Gasteiger partial charge on any atom is 0.237 e. The summed E-state index contributed by atoms with van der Waals surface area (Å²) in [5, 5.41) is 14.7. The standard InChI is InChI=1S/C19H19FN4OS2/c1-12-5-3-4-6-16(12)22-17(25)13(2)26-19-24-23-18(27-19)21-11-14-7-9-15(20)10-8-14/h3-10,13H,11H2,1-2H3,(H,21,23)(H,22,25). The molecule has 3 aromatic rings. The van der Waals surface area contributed by atoms with Crippen molar-refractivity contribution in [1.29, 1.82) is 0 Å². The van der Waals surface area contributed by atoms with Crippen LogP contribution in [0.1, 0.15) is 18.1 Å². The maximum atomic E-state index is 12.9. The Morgan fingerprint density at radius 3 is 2.67 bits per heavy atom. The van der Waals surface area contributed by atoms with Gasteiger partial charge < -0.3 is 10.6 Å². The summed E-state index contributed by atoms with van der Waals surface area (Å²) in [5.74, 6) is -0.336. The molecular weight excluding hydrogens is 383 g/mol. The number of amides is 1. The topological polar surface area (TPSA) is 66.9 Å². The fourth-order valence-electron chi connectivity index (χ4n) is 2.26. The number of rotatable bonds is 7. The van der Waals surface area contributed by atoms with Gasteiger partial charge in [0.05, 0.1) is 5.25 Å². The summed E-state index contributed by atoms with van der Waals surface area (Å²) in [6.07, 6.45) is 0. The first kappa shape index (κ1) is 19.3. The minimum absolute atomic E-state index is 0.0784. The number of aromatic nitrogens is 2. The van der Waals surface area contributed by atoms with E-state index in [2.05, 4.69) is 20.8 Å². The molecule has 0 spiro atoms. The second-order valence-electron chi connectivity index (χ2n) is 5.92. The zero-order valence-corrected chi connectivity index (χ0v) is 16.5. The number of aryl methyl sites for hydroxylation is 1. The number of anilines is 2. The third-order valence-electron chi connectivity index (χ3n) is 3.81. The van der Waals surface area contributed by atoms with Crippen LogP contribution in [0, 0.1) is 12.7 Å². The lowest BCUT2D eigenvalue weighted by Gasteiger charge is -2.11. The number of hydrogen-bond donors (Lipinski definition) is 2. The number of carbonyl (C=O) groups is 1. The molecule has 2 aromatic carbocycles. The smallest absolute Gasteiger partial charge is 0.237 e. The molecule has 27 heavy (non-hydrogen) atoms. The Hall–Kier alpha value is -2.45. The van der Waals surface area contributed by atoms with Crippen molar-refractivity contribution in [3.63, 3.8) is 0 Å². The van der Waals surface area contributed by atoms with Crippen molar-refractivity contribution in [2.45, 2.75) is 30.0 Å². The lowest BCUT2D eigenvalue weighted by atomic mass is 10.2. The zero-order valence-electron chi connectivity index (χ0n) is 14.9. The van der Waals surface area contributed by atoms with Crippen molar-refractivity contribution in [3.8, 4) is 0 Å². The van der Waals surface area contributed by atoms with Crippen molar-refractivity contribution >= 4 is 39.8 Å². The van der Waals surface area contributed by atoms with Crippen LogP contribution in [0.2, 0.25) is 0 Å². The molecule has 2 N–H and O–H groups in total. The van der Waals surface area contributed by atoms with Gasteiger partial charge in [-0.2, -0.15) is 0 Å². The molecule has 1 atom stereocenters. The van der Waals surface area contributed by atoms with Crippen LogP contribution in [0.15, 0.2) is 52.9 Å². The maximum absolute atomic E-state index is 12.9. The first-order valence-corrected chi connectivity index (χ1v) is 10.1. The largest absolute Gasteiger partial charge is 0.356 e. The van der Waals surface area contributed by atoms with E-state index in [9.17, 15) is 9.18 Å². The zero-order chi connectivity index (χ0) is 19.2. The molecule has 0 bridgehead atoms. The van der Waals surface area contributed by atoms with Gasteiger partial charge in [0, 0.05) is 12.2 Å². The molecule has 0 radical (unpaired) electrons. The van der Waals surface area contributed by atoms with E-state index in [0.29, 0.717) is 16.0 Å². The van der Waals surface area contributed by atoms with E-state index in [-0.39, 0.29) is 17.0 Å². The second kappa shape index (κ2) is 8.96. The number of nitrogens with one attached hydrogen (secondary N) is 2. The van der Waals surface area contributed by atoms with Crippen LogP contribution in [0.25, 0.3) is 0 Å². The van der Waals surface area contributed by atoms with E-state index >= 15 is 0 Å². The molecule has 0 aliphatic heterocycles. The first-order chi connectivity index (χ1) is 13.0. The molecule has 0 aliphatic carbocycles. The van der Waals surface area contributed by atoms with Crippen LogP contribution in [-0.2, 0) is 11.3 Å². The number of thioether (sulfide) groups is 1. The number of hydrogen-bond acceptors (Lipinski definition) is 6. The van der Waals surface area contributed by atoms with Gasteiger partial charge in [0.25, 0.3) is 0 Å². The highest BCUT2D eigenvalue weighted by atomic mass is 32.2. The molecule has 0 saturated carbocycles. The Morgan fingerprint density at radius 1 is 1.19 bits per heavy atom. The highest BCUT2D eigenvalue weighted by molar-refractivity contribution is 8.02. The molecule has 1 heterocycles. The predicted molar refractivity (Wildman–Crippen MR) is 109 cm³/mol. The fourth-order valence-corrected chi connectivity index (χ4v) is 4.15. The molecule has 3 rings (SSSR count).